The van der Waals surface area contributed by atoms with Gasteiger partial charge in [0, 0.05) is 20.8 Å². The molecule has 0 aliphatic carbocycles. The van der Waals surface area contributed by atoms with E-state index in [1.807, 2.05) is 0 Å². The van der Waals surface area contributed by atoms with E-state index >= 15 is 0 Å². The predicted octanol–water partition coefficient (Wildman–Crippen LogP) is -4.26. The molecular formula is C18H27N3O15. The van der Waals surface area contributed by atoms with Crippen molar-refractivity contribution in [2.45, 2.75) is 58.0 Å². The summed E-state index contributed by atoms with van der Waals surface area (Å²) < 4.78 is 29.6. The number of rotatable bonds is 15. The largest absolute Gasteiger partial charge is 0.422 e. The third-order valence-corrected chi connectivity index (χ3v) is 3.59. The third-order valence-electron chi connectivity index (χ3n) is 3.59. The van der Waals surface area contributed by atoms with Gasteiger partial charge in [0.2, 0.25) is 0 Å². The maximum Gasteiger partial charge on any atom is 0.329 e. The zero-order chi connectivity index (χ0) is 27.4. The van der Waals surface area contributed by atoms with Crippen LogP contribution in [-0.2, 0) is 28.6 Å². The van der Waals surface area contributed by atoms with Crippen molar-refractivity contribution < 1.29 is 73.4 Å². The van der Waals surface area contributed by atoms with Crippen molar-refractivity contribution in [3.63, 3.8) is 0 Å². The molecule has 0 aliphatic heterocycles. The molecule has 36 heavy (non-hydrogen) atoms. The van der Waals surface area contributed by atoms with Crippen LogP contribution in [0.5, 0.6) is 18.0 Å². The van der Waals surface area contributed by atoms with Gasteiger partial charge >= 0.3 is 35.9 Å². The van der Waals surface area contributed by atoms with E-state index in [2.05, 4.69) is 15.0 Å². The van der Waals surface area contributed by atoms with Gasteiger partial charge in [0.1, 0.15) is 0 Å². The average molecular weight is 525 g/mol. The lowest BCUT2D eigenvalue weighted by atomic mass is 10.3. The molecule has 18 nitrogen and oxygen atoms in total. The molecule has 1 aromatic heterocycles. The number of nitrogens with zero attached hydrogens (tertiary/aromatic N) is 3. The highest BCUT2D eigenvalue weighted by atomic mass is 16.7. The van der Waals surface area contributed by atoms with Crippen LogP contribution in [0.1, 0.15) is 20.8 Å². The van der Waals surface area contributed by atoms with Crippen LogP contribution in [0.3, 0.4) is 0 Å². The van der Waals surface area contributed by atoms with Crippen molar-refractivity contribution in [2.75, 3.05) is 19.8 Å². The van der Waals surface area contributed by atoms with Gasteiger partial charge < -0.3 is 59.1 Å². The molecule has 1 aromatic rings. The summed E-state index contributed by atoms with van der Waals surface area (Å²) in [6, 6.07) is -2.43. The van der Waals surface area contributed by atoms with Crippen LogP contribution in [0.4, 0.5) is 0 Å². The van der Waals surface area contributed by atoms with E-state index in [1.165, 1.54) is 0 Å². The quantitative estimate of drug-likeness (QED) is 0.0718. The van der Waals surface area contributed by atoms with E-state index in [0.29, 0.717) is 0 Å². The summed E-state index contributed by atoms with van der Waals surface area (Å²) in [6.07, 6.45) is -10.9. The van der Waals surface area contributed by atoms with Crippen LogP contribution >= 0.6 is 0 Å². The molecule has 6 N–H and O–H groups in total. The van der Waals surface area contributed by atoms with E-state index in [1.54, 1.807) is 0 Å². The summed E-state index contributed by atoms with van der Waals surface area (Å²) in [4.78, 5) is 44.9. The molecule has 0 aromatic carbocycles. The highest BCUT2D eigenvalue weighted by molar-refractivity contribution is 5.66. The molecule has 0 fully saturated rings. The Morgan fingerprint density at radius 2 is 0.806 bits per heavy atom. The SMILES string of the molecule is CC(=O)OC(Oc1nc(OC(OC(C)=O)C(O)CO)nc(OC(OC(C)=O)C(O)CO)n1)C(O)CO. The molecule has 1 heterocycles. The molecule has 0 amide bonds. The van der Waals surface area contributed by atoms with E-state index in [4.69, 9.17) is 43.7 Å². The molecular weight excluding hydrogens is 498 g/mol. The Morgan fingerprint density at radius 3 is 0.972 bits per heavy atom. The molecule has 0 saturated carbocycles. The first-order chi connectivity index (χ1) is 16.9. The Hall–Kier alpha value is -3.42. The molecule has 204 valence electrons. The fourth-order valence-electron chi connectivity index (χ4n) is 2.08. The van der Waals surface area contributed by atoms with Crippen molar-refractivity contribution >= 4 is 17.9 Å². The molecule has 6 atom stereocenters. The number of carbonyl (C=O) groups excluding carboxylic acids is 3. The third kappa shape index (κ3) is 10.5. The van der Waals surface area contributed by atoms with E-state index in [0.717, 1.165) is 20.8 Å². The lowest BCUT2D eigenvalue weighted by Gasteiger charge is -2.24. The first-order valence-electron chi connectivity index (χ1n) is 10.0. The van der Waals surface area contributed by atoms with Crippen LogP contribution < -0.4 is 14.2 Å². The van der Waals surface area contributed by atoms with Crippen LogP contribution in [0.15, 0.2) is 0 Å². The number of aromatic nitrogens is 3. The number of hydrogen-bond donors (Lipinski definition) is 6. The summed E-state index contributed by atoms with van der Waals surface area (Å²) in [5.41, 5.74) is 0. The van der Waals surface area contributed by atoms with Crippen molar-refractivity contribution in [3.8, 4) is 18.0 Å². The second-order valence-corrected chi connectivity index (χ2v) is 6.72. The molecule has 0 bridgehead atoms. The number of hydrogen-bond acceptors (Lipinski definition) is 18. The summed E-state index contributed by atoms with van der Waals surface area (Å²) in [6.45, 7) is 0.128. The minimum absolute atomic E-state index is 0.811. The van der Waals surface area contributed by atoms with Gasteiger partial charge in [-0.2, -0.15) is 0 Å². The predicted molar refractivity (Wildman–Crippen MR) is 108 cm³/mol. The lowest BCUT2D eigenvalue weighted by Crippen LogP contribution is -2.40. The number of carbonyl (C=O) groups is 3. The Bertz CT molecular complexity index is 750. The zero-order valence-electron chi connectivity index (χ0n) is 19.3. The second kappa shape index (κ2) is 14.9. The van der Waals surface area contributed by atoms with Crippen molar-refractivity contribution in [3.05, 3.63) is 0 Å². The van der Waals surface area contributed by atoms with Gasteiger partial charge in [-0.3, -0.25) is 14.4 Å². The minimum atomic E-state index is -1.87. The molecule has 6 unspecified atom stereocenters. The van der Waals surface area contributed by atoms with E-state index < -0.39 is 92.9 Å². The smallest absolute Gasteiger partial charge is 0.329 e. The number of esters is 3. The number of aliphatic hydroxyl groups excluding tert-OH is 6. The maximum absolute atomic E-state index is 11.3. The summed E-state index contributed by atoms with van der Waals surface area (Å²) in [5.74, 6) is -2.80. The maximum atomic E-state index is 11.3. The Kier molecular flexibility index (Phi) is 12.6. The van der Waals surface area contributed by atoms with Crippen molar-refractivity contribution in [1.82, 2.24) is 15.0 Å². The van der Waals surface area contributed by atoms with Gasteiger partial charge in [-0.05, 0) is 0 Å². The number of ether oxygens (including phenoxy) is 6. The average Bonchev–Trinajstić information content (AvgIpc) is 2.80. The molecule has 0 aliphatic rings. The molecule has 18 heteroatoms. The van der Waals surface area contributed by atoms with E-state index in [9.17, 15) is 29.7 Å². The van der Waals surface area contributed by atoms with Gasteiger partial charge in [0.15, 0.2) is 18.3 Å². The van der Waals surface area contributed by atoms with Crippen molar-refractivity contribution in [2.24, 2.45) is 0 Å². The number of aliphatic hydroxyl groups is 6. The fraction of sp³-hybridized carbons (Fsp3) is 0.667. The standard InChI is InChI=1S/C18H27N3O15/c1-7(25)31-13(10(28)4-22)34-16-19-17(35-14(11(29)5-23)32-8(2)26)21-18(20-16)36-15(12(30)6-24)33-9(3)27/h10-15,22-24,28-30H,4-6H2,1-3H3. The Morgan fingerprint density at radius 1 is 0.583 bits per heavy atom. The van der Waals surface area contributed by atoms with E-state index in [-0.39, 0.29) is 0 Å². The minimum Gasteiger partial charge on any atom is -0.422 e. The first kappa shape index (κ1) is 30.6. The van der Waals surface area contributed by atoms with Crippen LogP contribution in [0.25, 0.3) is 0 Å². The van der Waals surface area contributed by atoms with Crippen LogP contribution in [0.2, 0.25) is 0 Å². The fourth-order valence-corrected chi connectivity index (χ4v) is 2.08. The van der Waals surface area contributed by atoms with Gasteiger partial charge in [-0.25, -0.2) is 0 Å². The Balaban J connectivity index is 3.44. The van der Waals surface area contributed by atoms with Gasteiger partial charge in [-0.1, -0.05) is 0 Å². The van der Waals surface area contributed by atoms with Crippen molar-refractivity contribution in [1.29, 1.82) is 0 Å². The monoisotopic (exact) mass is 525 g/mol. The second-order valence-electron chi connectivity index (χ2n) is 6.72. The zero-order valence-corrected chi connectivity index (χ0v) is 19.3. The molecule has 1 rings (SSSR count). The summed E-state index contributed by atoms with van der Waals surface area (Å²) >= 11 is 0. The Labute approximate surface area is 202 Å². The van der Waals surface area contributed by atoms with Crippen LogP contribution in [-0.4, -0.2) is 121 Å². The molecule has 0 spiro atoms. The summed E-state index contributed by atoms with van der Waals surface area (Å²) in [5, 5.41) is 57.0. The van der Waals surface area contributed by atoms with Gasteiger partial charge in [0.05, 0.1) is 19.8 Å². The summed E-state index contributed by atoms with van der Waals surface area (Å²) in [7, 11) is 0. The lowest BCUT2D eigenvalue weighted by molar-refractivity contribution is -0.184. The normalized spacial score (nSPS) is 15.9. The highest BCUT2D eigenvalue weighted by Gasteiger charge is 2.30. The van der Waals surface area contributed by atoms with Gasteiger partial charge in [0.25, 0.3) is 18.9 Å². The van der Waals surface area contributed by atoms with Crippen LogP contribution in [0, 0.1) is 0 Å². The topological polar surface area (TPSA) is 267 Å². The molecule has 0 saturated heterocycles. The molecule has 0 radical (unpaired) electrons. The first-order valence-corrected chi connectivity index (χ1v) is 10.0. The highest BCUT2D eigenvalue weighted by Crippen LogP contribution is 2.21. The van der Waals surface area contributed by atoms with Gasteiger partial charge in [-0.15, -0.1) is 15.0 Å².